The highest BCUT2D eigenvalue weighted by molar-refractivity contribution is 7.92. The number of nitrogens with zero attached hydrogens (tertiary/aromatic N) is 1. The molecule has 1 saturated carbocycles. The zero-order chi connectivity index (χ0) is 24.9. The molecule has 2 aromatic rings. The molecule has 0 unspecified atom stereocenters. The summed E-state index contributed by atoms with van der Waals surface area (Å²) in [6.45, 7) is 3.94. The van der Waals surface area contributed by atoms with Crippen LogP contribution >= 0.6 is 0 Å². The summed E-state index contributed by atoms with van der Waals surface area (Å²) in [7, 11) is -3.93. The molecule has 1 atom stereocenters. The van der Waals surface area contributed by atoms with Gasteiger partial charge in [-0.3, -0.25) is 14.9 Å². The molecule has 182 valence electrons. The van der Waals surface area contributed by atoms with E-state index in [9.17, 15) is 13.2 Å². The van der Waals surface area contributed by atoms with Crippen molar-refractivity contribution in [3.05, 3.63) is 54.1 Å². The first-order chi connectivity index (χ1) is 16.0. The Hall–Kier alpha value is -3.24. The molecule has 7 N–H and O–H groups in total. The van der Waals surface area contributed by atoms with Crippen molar-refractivity contribution in [2.45, 2.75) is 56.9 Å². The van der Waals surface area contributed by atoms with Crippen LogP contribution in [0.4, 0.5) is 11.4 Å². The molecular formula is C24H32N5O4S+. The lowest BCUT2D eigenvalue weighted by Gasteiger charge is -2.12. The molecule has 0 aromatic heterocycles. The standard InChI is InChI=1S/C24H31N5O4S/c1-3-4-8-20(25)22(30)28-21(26)16-6-5-7-19(15-16)34(32,33)29-18-11-9-17(10-12-18)27-23(31)24(2)13-14-24/h5-7,9-12,15,20,29H,3-4,8,13-14,25H2,1-2H3,(H,27,31)(H2,26,28,30)/p+1/t20-/m0/s1. The van der Waals surface area contributed by atoms with Crippen LogP contribution in [0.3, 0.4) is 0 Å². The summed E-state index contributed by atoms with van der Waals surface area (Å²) in [4.78, 5) is 16.1. The van der Waals surface area contributed by atoms with Crippen LogP contribution in [-0.4, -0.2) is 37.2 Å². The van der Waals surface area contributed by atoms with Gasteiger partial charge >= 0.3 is 5.90 Å². The average Bonchev–Trinajstić information content (AvgIpc) is 3.57. The van der Waals surface area contributed by atoms with Crippen molar-refractivity contribution >= 4 is 39.0 Å². The van der Waals surface area contributed by atoms with E-state index in [1.165, 1.54) is 18.2 Å². The number of hydrogen-bond donors (Lipinski definition) is 4. The van der Waals surface area contributed by atoms with Gasteiger partial charge in [0.05, 0.1) is 4.90 Å². The summed E-state index contributed by atoms with van der Waals surface area (Å²) < 4.78 is 28.3. The van der Waals surface area contributed by atoms with Gasteiger partial charge in [-0.2, -0.15) is 0 Å². The molecule has 2 aromatic carbocycles. The fourth-order valence-corrected chi connectivity index (χ4v) is 4.28. The number of unbranched alkanes of at least 4 members (excludes halogenated alkanes) is 1. The third-order valence-corrected chi connectivity index (χ3v) is 7.19. The Morgan fingerprint density at radius 2 is 1.85 bits per heavy atom. The first-order valence-corrected chi connectivity index (χ1v) is 12.7. The molecule has 0 heterocycles. The largest absolute Gasteiger partial charge is 0.581 e. The van der Waals surface area contributed by atoms with Crippen molar-refractivity contribution in [1.82, 2.24) is 0 Å². The van der Waals surface area contributed by atoms with E-state index in [0.717, 1.165) is 25.7 Å². The number of nitrogens with one attached hydrogen (secondary N) is 3. The minimum absolute atomic E-state index is 0.0363. The summed E-state index contributed by atoms with van der Waals surface area (Å²) >= 11 is 0. The highest BCUT2D eigenvalue weighted by Crippen LogP contribution is 2.45. The molecule has 0 bridgehead atoms. The first-order valence-electron chi connectivity index (χ1n) is 11.2. The van der Waals surface area contributed by atoms with Gasteiger partial charge in [-0.15, -0.1) is 4.99 Å². The summed E-state index contributed by atoms with van der Waals surface area (Å²) in [5.74, 6) is -0.365. The van der Waals surface area contributed by atoms with Crippen molar-refractivity contribution in [2.24, 2.45) is 16.1 Å². The molecular weight excluding hydrogens is 454 g/mol. The van der Waals surface area contributed by atoms with E-state index in [-0.39, 0.29) is 33.5 Å². The molecule has 1 fully saturated rings. The van der Waals surface area contributed by atoms with Crippen molar-refractivity contribution in [2.75, 3.05) is 10.0 Å². The number of aliphatic imine (C=N–C) groups is 1. The molecule has 9 nitrogen and oxygen atoms in total. The summed E-state index contributed by atoms with van der Waals surface area (Å²) in [5.41, 5.74) is 6.83. The molecule has 34 heavy (non-hydrogen) atoms. The lowest BCUT2D eigenvalue weighted by atomic mass is 10.1. The number of carbonyl (C=O) groups is 1. The molecule has 0 radical (unpaired) electrons. The van der Waals surface area contributed by atoms with Crippen LogP contribution in [0, 0.1) is 10.8 Å². The number of benzene rings is 2. The van der Waals surface area contributed by atoms with Gasteiger partial charge in [-0.1, -0.05) is 38.8 Å². The SMILES string of the molecule is CCCC[C@H](N)C([OH2+])=NC(=N)c1cccc(S(=O)(=O)Nc2ccc(NC(=O)C3(C)CC3)cc2)c1. The van der Waals surface area contributed by atoms with Gasteiger partial charge in [0.15, 0.2) is 5.84 Å². The maximum Gasteiger partial charge on any atom is 0.350 e. The molecule has 1 aliphatic rings. The monoisotopic (exact) mass is 486 g/mol. The Bertz CT molecular complexity index is 1190. The van der Waals surface area contributed by atoms with E-state index < -0.39 is 16.1 Å². The van der Waals surface area contributed by atoms with Gasteiger partial charge in [-0.25, -0.2) is 8.42 Å². The number of amidine groups is 1. The van der Waals surface area contributed by atoms with E-state index in [0.29, 0.717) is 17.8 Å². The molecule has 1 aliphatic carbocycles. The van der Waals surface area contributed by atoms with Crippen LogP contribution in [0.15, 0.2) is 58.4 Å². The van der Waals surface area contributed by atoms with Gasteiger partial charge in [0.2, 0.25) is 5.91 Å². The van der Waals surface area contributed by atoms with Gasteiger partial charge in [-0.05, 0) is 55.7 Å². The van der Waals surface area contributed by atoms with E-state index in [2.05, 4.69) is 15.0 Å². The third-order valence-electron chi connectivity index (χ3n) is 5.81. The highest BCUT2D eigenvalue weighted by Gasteiger charge is 2.44. The van der Waals surface area contributed by atoms with Crippen molar-refractivity contribution in [3.8, 4) is 0 Å². The number of nitrogens with two attached hydrogens (primary N) is 1. The molecule has 3 rings (SSSR count). The number of anilines is 2. The van der Waals surface area contributed by atoms with Crippen LogP contribution in [0.25, 0.3) is 0 Å². The second-order valence-corrected chi connectivity index (χ2v) is 10.5. The van der Waals surface area contributed by atoms with Crippen LogP contribution in [0.1, 0.15) is 51.5 Å². The van der Waals surface area contributed by atoms with Crippen molar-refractivity contribution < 1.29 is 18.3 Å². The average molecular weight is 487 g/mol. The molecule has 0 spiro atoms. The minimum Gasteiger partial charge on any atom is -0.581 e. The van der Waals surface area contributed by atoms with Crippen molar-refractivity contribution in [3.63, 3.8) is 0 Å². The second kappa shape index (κ2) is 10.4. The summed E-state index contributed by atoms with van der Waals surface area (Å²) in [5, 5.41) is 19.0. The molecule has 1 amide bonds. The first kappa shape index (κ1) is 25.4. The smallest absolute Gasteiger partial charge is 0.350 e. The summed E-state index contributed by atoms with van der Waals surface area (Å²) in [6.07, 6.45) is 4.15. The quantitative estimate of drug-likeness (QED) is 0.231. The maximum atomic E-state index is 12.9. The lowest BCUT2D eigenvalue weighted by molar-refractivity contribution is -0.120. The Morgan fingerprint density at radius 1 is 1.21 bits per heavy atom. The van der Waals surface area contributed by atoms with E-state index in [4.69, 9.17) is 16.2 Å². The normalized spacial score (nSPS) is 15.9. The Labute approximate surface area is 200 Å². The second-order valence-electron chi connectivity index (χ2n) is 8.82. The molecule has 10 heteroatoms. The lowest BCUT2D eigenvalue weighted by Crippen LogP contribution is -2.31. The minimum atomic E-state index is -3.93. The fourth-order valence-electron chi connectivity index (χ4n) is 3.17. The van der Waals surface area contributed by atoms with Gasteiger partial charge in [0.25, 0.3) is 10.0 Å². The van der Waals surface area contributed by atoms with Crippen LogP contribution in [-0.2, 0) is 14.8 Å². The van der Waals surface area contributed by atoms with Gasteiger partial charge < -0.3 is 16.2 Å². The Balaban J connectivity index is 1.69. The topological polar surface area (TPSA) is 160 Å². The Kier molecular flexibility index (Phi) is 7.73. The number of sulfonamides is 1. The predicted molar refractivity (Wildman–Crippen MR) is 135 cm³/mol. The fraction of sp³-hybridized carbons (Fsp3) is 0.375. The van der Waals surface area contributed by atoms with Crippen LogP contribution in [0.5, 0.6) is 0 Å². The summed E-state index contributed by atoms with van der Waals surface area (Å²) in [6, 6.07) is 11.7. The van der Waals surface area contributed by atoms with E-state index in [1.807, 2.05) is 13.8 Å². The van der Waals surface area contributed by atoms with Crippen molar-refractivity contribution in [1.29, 1.82) is 5.41 Å². The van der Waals surface area contributed by atoms with Gasteiger partial charge in [0.1, 0.15) is 6.04 Å². The molecule has 0 saturated heterocycles. The zero-order valence-electron chi connectivity index (χ0n) is 19.4. The van der Waals surface area contributed by atoms with Crippen LogP contribution < -0.4 is 15.8 Å². The number of carbonyl (C=O) groups excluding carboxylic acids is 1. The number of rotatable bonds is 10. The predicted octanol–water partition coefficient (Wildman–Crippen LogP) is 3.19. The van der Waals surface area contributed by atoms with E-state index >= 15 is 0 Å². The van der Waals surface area contributed by atoms with Crippen LogP contribution in [0.2, 0.25) is 0 Å². The van der Waals surface area contributed by atoms with Gasteiger partial charge in [0, 0.05) is 22.4 Å². The highest BCUT2D eigenvalue weighted by atomic mass is 32.2. The molecule has 0 aliphatic heterocycles. The Morgan fingerprint density at radius 3 is 2.47 bits per heavy atom. The maximum absolute atomic E-state index is 12.9. The number of amides is 1. The number of hydrogen-bond acceptors (Lipinski definition) is 5. The third kappa shape index (κ3) is 6.42. The van der Waals surface area contributed by atoms with E-state index in [1.54, 1.807) is 30.3 Å². The zero-order valence-corrected chi connectivity index (χ0v) is 20.2.